The second-order valence-electron chi connectivity index (χ2n) is 13.4. The number of fused-ring (bicyclic) bond motifs is 5. The van der Waals surface area contributed by atoms with Gasteiger partial charge in [0.05, 0.1) is 13.2 Å². The third-order valence-corrected chi connectivity index (χ3v) is 11.4. The first-order valence-corrected chi connectivity index (χ1v) is 17.4. The summed E-state index contributed by atoms with van der Waals surface area (Å²) in [5, 5.41) is 3.06. The van der Waals surface area contributed by atoms with E-state index in [1.807, 2.05) is 24.3 Å². The molecule has 2 heterocycles. The number of nitrogens with zero attached hydrogens (tertiary/aromatic N) is 3. The van der Waals surface area contributed by atoms with E-state index in [4.69, 9.17) is 4.74 Å². The van der Waals surface area contributed by atoms with Crippen molar-refractivity contribution in [1.82, 2.24) is 19.2 Å². The molecule has 2 N–H and O–H groups in total. The normalized spacial score (nSPS) is 21.7. The first-order valence-electron chi connectivity index (χ1n) is 15.9. The minimum Gasteiger partial charge on any atom is -0.497 e. The number of likely N-dealkylation sites (N-methyl/N-ethyl adjacent to an activating group) is 1. The van der Waals surface area contributed by atoms with Crippen LogP contribution in [0.5, 0.6) is 5.75 Å². The number of ether oxygens (including phenoxy) is 1. The number of benzene rings is 2. The largest absolute Gasteiger partial charge is 0.497 e. The summed E-state index contributed by atoms with van der Waals surface area (Å²) in [7, 11) is 3.72. The van der Waals surface area contributed by atoms with E-state index in [1.165, 1.54) is 25.4 Å². The highest BCUT2D eigenvalue weighted by atomic mass is 32.2. The van der Waals surface area contributed by atoms with E-state index in [0.29, 0.717) is 30.1 Å². The van der Waals surface area contributed by atoms with Gasteiger partial charge in [-0.25, -0.2) is 4.72 Å². The number of hydrogen-bond donors (Lipinski definition) is 2. The molecule has 2 aliphatic heterocycles. The molecule has 11 nitrogen and oxygen atoms in total. The molecule has 2 unspecified atom stereocenters. The molecular formula is C34H43N5O6S. The topological polar surface area (TPSA) is 128 Å². The molecule has 4 aliphatic rings. The molecule has 0 radical (unpaired) electrons. The summed E-state index contributed by atoms with van der Waals surface area (Å²) in [6.07, 6.45) is 8.74. The fraction of sp³-hybridized carbons (Fsp3) is 0.500. The van der Waals surface area contributed by atoms with E-state index < -0.39 is 21.7 Å². The highest BCUT2D eigenvalue weighted by molar-refractivity contribution is 7.87. The van der Waals surface area contributed by atoms with Crippen LogP contribution in [-0.2, 0) is 19.8 Å². The molecule has 0 bridgehead atoms. The second kappa shape index (κ2) is 12.0. The predicted octanol–water partition coefficient (Wildman–Crippen LogP) is 3.59. The van der Waals surface area contributed by atoms with Gasteiger partial charge in [-0.2, -0.15) is 12.7 Å². The van der Waals surface area contributed by atoms with E-state index >= 15 is 0 Å². The maximum atomic E-state index is 14.0. The number of rotatable bonds is 8. The Morgan fingerprint density at radius 3 is 2.26 bits per heavy atom. The molecular weight excluding hydrogens is 606 g/mol. The molecule has 2 fully saturated rings. The van der Waals surface area contributed by atoms with Crippen molar-refractivity contribution in [3.05, 3.63) is 64.2 Å². The molecule has 2 aromatic carbocycles. The first kappa shape index (κ1) is 32.1. The maximum absolute atomic E-state index is 14.0. The predicted molar refractivity (Wildman–Crippen MR) is 176 cm³/mol. The Morgan fingerprint density at radius 1 is 0.935 bits per heavy atom. The Balaban J connectivity index is 1.45. The van der Waals surface area contributed by atoms with Crippen molar-refractivity contribution in [2.75, 3.05) is 46.7 Å². The van der Waals surface area contributed by atoms with E-state index in [9.17, 15) is 22.8 Å². The molecule has 246 valence electrons. The molecule has 6 rings (SSSR count). The summed E-state index contributed by atoms with van der Waals surface area (Å²) in [6, 6.07) is 11.3. The second-order valence-corrected chi connectivity index (χ2v) is 15.3. The van der Waals surface area contributed by atoms with Gasteiger partial charge in [-0.1, -0.05) is 31.4 Å². The van der Waals surface area contributed by atoms with E-state index in [-0.39, 0.29) is 35.9 Å². The summed E-state index contributed by atoms with van der Waals surface area (Å²) >= 11 is 0. The third-order valence-electron chi connectivity index (χ3n) is 9.99. The van der Waals surface area contributed by atoms with Gasteiger partial charge in [-0.15, -0.1) is 0 Å². The molecule has 0 aromatic heterocycles. The number of carbonyl (C=O) groups excluding carboxylic acids is 3. The minimum atomic E-state index is -3.99. The lowest BCUT2D eigenvalue weighted by Crippen LogP contribution is -2.49. The van der Waals surface area contributed by atoms with Crippen LogP contribution < -0.4 is 19.7 Å². The summed E-state index contributed by atoms with van der Waals surface area (Å²) < 4.78 is 33.7. The standard InChI is InChI=1S/C34H43N5O6S/c1-37(2)33(42)34(15-16-34)35-31(40)24-17-23-18-25(45-5)12-14-26(23)30-29(21-9-7-6-8-10-21)27-13-11-22(19-28(27)39(30)20-24)32(41)36-46(43,44)38(3)4/h11-14,17-19,21,29-30H,6-10,15-16,20H2,1-5H3,(H,35,40)(H,36,41). The summed E-state index contributed by atoms with van der Waals surface area (Å²) in [5.74, 6) is 0.0222. The molecule has 3 amide bonds. The molecule has 46 heavy (non-hydrogen) atoms. The average Bonchev–Trinajstić information content (AvgIpc) is 3.77. The minimum absolute atomic E-state index is 0.103. The summed E-state index contributed by atoms with van der Waals surface area (Å²) in [4.78, 5) is 44.0. The highest BCUT2D eigenvalue weighted by Gasteiger charge is 2.53. The molecule has 2 aromatic rings. The zero-order valence-corrected chi connectivity index (χ0v) is 27.9. The van der Waals surface area contributed by atoms with Crippen LogP contribution in [0.2, 0.25) is 0 Å². The highest BCUT2D eigenvalue weighted by Crippen LogP contribution is 2.57. The number of methoxy groups -OCH3 is 1. The lowest BCUT2D eigenvalue weighted by molar-refractivity contribution is -0.134. The van der Waals surface area contributed by atoms with Gasteiger partial charge in [0, 0.05) is 57.5 Å². The van der Waals surface area contributed by atoms with Crippen molar-refractivity contribution in [2.45, 2.75) is 62.4 Å². The van der Waals surface area contributed by atoms with Crippen LogP contribution in [0.25, 0.3) is 6.08 Å². The molecule has 2 saturated carbocycles. The van der Waals surface area contributed by atoms with Crippen LogP contribution in [-0.4, -0.2) is 82.7 Å². The Kier molecular flexibility index (Phi) is 8.39. The molecule has 2 atom stereocenters. The van der Waals surface area contributed by atoms with Crippen LogP contribution in [0, 0.1) is 5.92 Å². The number of hydrogen-bond acceptors (Lipinski definition) is 7. The third kappa shape index (κ3) is 5.77. The SMILES string of the molecule is COc1ccc2c(c1)C=C(C(=O)NC1(C(=O)N(C)C)CC1)CN1c3cc(C(=O)NS(=O)(=O)N(C)C)ccc3C(C3CCCCC3)C21. The molecule has 12 heteroatoms. The number of anilines is 1. The Morgan fingerprint density at radius 2 is 1.63 bits per heavy atom. The smallest absolute Gasteiger partial charge is 0.303 e. The zero-order chi connectivity index (χ0) is 33.0. The van der Waals surface area contributed by atoms with Crippen molar-refractivity contribution in [3.63, 3.8) is 0 Å². The van der Waals surface area contributed by atoms with Crippen LogP contribution in [0.15, 0.2) is 42.0 Å². The molecule has 0 saturated heterocycles. The van der Waals surface area contributed by atoms with E-state index in [1.54, 1.807) is 33.3 Å². The summed E-state index contributed by atoms with van der Waals surface area (Å²) in [6.45, 7) is 0.247. The lowest BCUT2D eigenvalue weighted by Gasteiger charge is -2.36. The zero-order valence-electron chi connectivity index (χ0n) is 27.1. The van der Waals surface area contributed by atoms with Crippen molar-refractivity contribution in [1.29, 1.82) is 0 Å². The fourth-order valence-electron chi connectivity index (χ4n) is 7.42. The molecule has 2 aliphatic carbocycles. The van der Waals surface area contributed by atoms with Crippen LogP contribution in [0.3, 0.4) is 0 Å². The van der Waals surface area contributed by atoms with Gasteiger partial charge in [-0.3, -0.25) is 14.4 Å². The average molecular weight is 650 g/mol. The van der Waals surface area contributed by atoms with E-state index in [0.717, 1.165) is 52.4 Å². The van der Waals surface area contributed by atoms with Crippen molar-refractivity contribution < 1.29 is 27.5 Å². The van der Waals surface area contributed by atoms with Crippen LogP contribution in [0.1, 0.15) is 84.0 Å². The Hall–Kier alpha value is -3.90. The monoisotopic (exact) mass is 649 g/mol. The number of nitrogens with one attached hydrogen (secondary N) is 2. The van der Waals surface area contributed by atoms with Gasteiger partial charge in [0.25, 0.3) is 5.91 Å². The van der Waals surface area contributed by atoms with Gasteiger partial charge >= 0.3 is 10.2 Å². The van der Waals surface area contributed by atoms with Gasteiger partial charge in [0.2, 0.25) is 11.8 Å². The van der Waals surface area contributed by atoms with Crippen molar-refractivity contribution >= 4 is 39.7 Å². The molecule has 0 spiro atoms. The van der Waals surface area contributed by atoms with Gasteiger partial charge < -0.3 is 19.9 Å². The maximum Gasteiger partial charge on any atom is 0.303 e. The lowest BCUT2D eigenvalue weighted by atomic mass is 9.73. The summed E-state index contributed by atoms with van der Waals surface area (Å²) in [5.41, 5.74) is 3.65. The Bertz CT molecular complexity index is 1710. The fourth-order valence-corrected chi connectivity index (χ4v) is 7.95. The van der Waals surface area contributed by atoms with Crippen molar-refractivity contribution in [2.24, 2.45) is 5.92 Å². The Labute approximate surface area is 271 Å². The van der Waals surface area contributed by atoms with Crippen LogP contribution >= 0.6 is 0 Å². The quantitative estimate of drug-likeness (QED) is 0.448. The van der Waals surface area contributed by atoms with Crippen molar-refractivity contribution in [3.8, 4) is 5.75 Å². The van der Waals surface area contributed by atoms with Gasteiger partial charge in [-0.05, 0) is 78.6 Å². The van der Waals surface area contributed by atoms with Crippen LogP contribution in [0.4, 0.5) is 5.69 Å². The van der Waals surface area contributed by atoms with E-state index in [2.05, 4.69) is 21.0 Å². The van der Waals surface area contributed by atoms with Gasteiger partial charge in [0.15, 0.2) is 0 Å². The van der Waals surface area contributed by atoms with Gasteiger partial charge in [0.1, 0.15) is 11.3 Å². The first-order chi connectivity index (χ1) is 21.8. The number of amides is 3. The number of carbonyl (C=O) groups is 3.